The van der Waals surface area contributed by atoms with Crippen molar-refractivity contribution >= 4 is 19.7 Å². The Morgan fingerprint density at radius 1 is 0.889 bits per heavy atom. The average Bonchev–Trinajstić information content (AvgIpc) is 2.62. The summed E-state index contributed by atoms with van der Waals surface area (Å²) in [7, 11) is -0.444. The van der Waals surface area contributed by atoms with E-state index >= 15 is 0 Å². The zero-order chi connectivity index (χ0) is 19.9. The summed E-state index contributed by atoms with van der Waals surface area (Å²) in [6, 6.07) is 15.8. The van der Waals surface area contributed by atoms with Crippen LogP contribution in [0.5, 0.6) is 11.5 Å². The van der Waals surface area contributed by atoms with Crippen molar-refractivity contribution in [1.29, 1.82) is 0 Å². The fraction of sp³-hybridized carbons (Fsp3) is 0.455. The first-order valence-corrected chi connectivity index (χ1v) is 12.5. The molecule has 0 heterocycles. The molecule has 27 heavy (non-hydrogen) atoms. The molecule has 0 radical (unpaired) electrons. The largest absolute Gasteiger partial charge is 0.497 e. The van der Waals surface area contributed by atoms with Crippen molar-refractivity contribution in [3.8, 4) is 11.5 Å². The number of methoxy groups -OCH3 is 1. The van der Waals surface area contributed by atoms with Crippen molar-refractivity contribution in [3.63, 3.8) is 0 Å². The van der Waals surface area contributed by atoms with Gasteiger partial charge in [0.15, 0.2) is 8.32 Å². The molecule has 2 aromatic carbocycles. The molecule has 0 unspecified atom stereocenters. The molecule has 0 aromatic heterocycles. The van der Waals surface area contributed by atoms with Crippen LogP contribution in [0.2, 0.25) is 18.1 Å². The van der Waals surface area contributed by atoms with Gasteiger partial charge in [0.2, 0.25) is 0 Å². The maximum Gasteiger partial charge on any atom is 0.188 e. The highest BCUT2D eigenvalue weighted by Gasteiger charge is 2.37. The van der Waals surface area contributed by atoms with E-state index in [1.54, 1.807) is 7.11 Å². The minimum absolute atomic E-state index is 0.0434. The maximum absolute atomic E-state index is 10.3. The van der Waals surface area contributed by atoms with Crippen molar-refractivity contribution in [2.75, 3.05) is 19.0 Å². The Bertz CT molecular complexity index is 691. The van der Waals surface area contributed by atoms with Crippen LogP contribution in [0.25, 0.3) is 0 Å². The monoisotopic (exact) mass is 387 g/mol. The molecule has 0 spiro atoms. The summed E-state index contributed by atoms with van der Waals surface area (Å²) >= 11 is 0. The number of unbranched alkanes of at least 4 members (excludes halogenated alkanes) is 1. The Labute approximate surface area is 164 Å². The summed E-state index contributed by atoms with van der Waals surface area (Å²) in [5, 5.41) is 3.40. The van der Waals surface area contributed by atoms with Crippen LogP contribution < -0.4 is 14.8 Å². The molecule has 2 rings (SSSR count). The van der Waals surface area contributed by atoms with Gasteiger partial charge in [-0.3, -0.25) is 0 Å². The normalized spacial score (nSPS) is 11.9. The highest BCUT2D eigenvalue weighted by Crippen LogP contribution is 2.40. The topological polar surface area (TPSA) is 50.7 Å². The molecular formula is C22H33NO3Si. The van der Waals surface area contributed by atoms with Gasteiger partial charge in [-0.25, -0.2) is 0 Å². The Balaban J connectivity index is 1.74. The van der Waals surface area contributed by atoms with E-state index in [0.717, 1.165) is 42.1 Å². The zero-order valence-corrected chi connectivity index (χ0v) is 18.2. The van der Waals surface area contributed by atoms with E-state index < -0.39 is 8.32 Å². The Morgan fingerprint density at radius 3 is 1.89 bits per heavy atom. The van der Waals surface area contributed by atoms with Gasteiger partial charge in [-0.15, -0.1) is 0 Å². The Kier molecular flexibility index (Phi) is 7.33. The predicted molar refractivity (Wildman–Crippen MR) is 116 cm³/mol. The number of nitrogens with one attached hydrogen (secondary N) is 1. The van der Waals surface area contributed by atoms with Crippen molar-refractivity contribution in [2.24, 2.45) is 0 Å². The fourth-order valence-electron chi connectivity index (χ4n) is 2.64. The lowest BCUT2D eigenvalue weighted by Crippen LogP contribution is -2.38. The molecule has 0 aliphatic rings. The summed E-state index contributed by atoms with van der Waals surface area (Å²) in [6.07, 6.45) is 3.11. The standard InChI is InChI=1S/C22H33NO3Si/c1-22(2,27(4,5)24)16-6-7-17-26-21-14-10-19(11-15-21)23-18-8-12-20(25-3)13-9-18/h8-15,23-24H,6-7,16-17H2,1-5H3. The number of hydrogen-bond donors (Lipinski definition) is 2. The van der Waals surface area contributed by atoms with Crippen LogP contribution in [0.3, 0.4) is 0 Å². The van der Waals surface area contributed by atoms with E-state index in [2.05, 4.69) is 19.2 Å². The third-order valence-electron chi connectivity index (χ3n) is 5.35. The molecule has 2 aromatic rings. The number of rotatable bonds is 10. The molecule has 2 N–H and O–H groups in total. The van der Waals surface area contributed by atoms with Gasteiger partial charge in [-0.1, -0.05) is 13.8 Å². The van der Waals surface area contributed by atoms with E-state index in [4.69, 9.17) is 9.47 Å². The van der Waals surface area contributed by atoms with E-state index in [0.29, 0.717) is 6.61 Å². The summed E-state index contributed by atoms with van der Waals surface area (Å²) in [4.78, 5) is 10.3. The van der Waals surface area contributed by atoms with Crippen molar-refractivity contribution in [2.45, 2.75) is 51.2 Å². The highest BCUT2D eigenvalue weighted by molar-refractivity contribution is 6.72. The molecule has 0 aliphatic carbocycles. The molecule has 4 nitrogen and oxygen atoms in total. The van der Waals surface area contributed by atoms with Crippen LogP contribution in [0.15, 0.2) is 48.5 Å². The summed E-state index contributed by atoms with van der Waals surface area (Å²) in [5.41, 5.74) is 2.03. The first-order chi connectivity index (χ1) is 12.7. The van der Waals surface area contributed by atoms with Crippen LogP contribution in [-0.4, -0.2) is 26.8 Å². The Hall–Kier alpha value is -1.98. The minimum atomic E-state index is -2.11. The van der Waals surface area contributed by atoms with Gasteiger partial charge >= 0.3 is 0 Å². The second-order valence-electron chi connectivity index (χ2n) is 8.13. The van der Waals surface area contributed by atoms with Gasteiger partial charge in [0, 0.05) is 11.4 Å². The molecule has 0 amide bonds. The van der Waals surface area contributed by atoms with Crippen LogP contribution in [-0.2, 0) is 0 Å². The molecule has 0 bridgehead atoms. The highest BCUT2D eigenvalue weighted by atomic mass is 28.4. The number of hydrogen-bond acceptors (Lipinski definition) is 4. The van der Waals surface area contributed by atoms with Crippen LogP contribution in [0, 0.1) is 0 Å². The molecule has 0 saturated carbocycles. The van der Waals surface area contributed by atoms with Crippen molar-refractivity contribution in [3.05, 3.63) is 48.5 Å². The third-order valence-corrected chi connectivity index (χ3v) is 8.92. The molecule has 0 fully saturated rings. The first kappa shape index (κ1) is 21.3. The average molecular weight is 388 g/mol. The third kappa shape index (κ3) is 6.59. The van der Waals surface area contributed by atoms with Crippen LogP contribution in [0.1, 0.15) is 33.1 Å². The zero-order valence-electron chi connectivity index (χ0n) is 17.2. The lowest BCUT2D eigenvalue weighted by molar-refractivity contribution is 0.300. The van der Waals surface area contributed by atoms with E-state index in [-0.39, 0.29) is 5.04 Å². The number of ether oxygens (including phenoxy) is 2. The quantitative estimate of drug-likeness (QED) is 0.390. The van der Waals surface area contributed by atoms with Crippen molar-refractivity contribution in [1.82, 2.24) is 0 Å². The first-order valence-electron chi connectivity index (χ1n) is 9.58. The lowest BCUT2D eigenvalue weighted by Gasteiger charge is -2.35. The second-order valence-corrected chi connectivity index (χ2v) is 12.6. The molecule has 0 saturated heterocycles. The van der Waals surface area contributed by atoms with Gasteiger partial charge in [0.25, 0.3) is 0 Å². The minimum Gasteiger partial charge on any atom is -0.497 e. The molecule has 5 heteroatoms. The predicted octanol–water partition coefficient (Wildman–Crippen LogP) is 5.97. The number of anilines is 2. The Morgan fingerprint density at radius 2 is 1.41 bits per heavy atom. The van der Waals surface area contributed by atoms with E-state index in [1.165, 1.54) is 0 Å². The van der Waals surface area contributed by atoms with Gasteiger partial charge < -0.3 is 19.6 Å². The summed E-state index contributed by atoms with van der Waals surface area (Å²) in [6.45, 7) is 9.09. The van der Waals surface area contributed by atoms with E-state index in [9.17, 15) is 4.80 Å². The SMILES string of the molecule is COc1ccc(Nc2ccc(OCCCCC(C)(C)[Si](C)(C)O)cc2)cc1. The maximum atomic E-state index is 10.3. The smallest absolute Gasteiger partial charge is 0.188 e. The second kappa shape index (κ2) is 9.29. The molecule has 0 aliphatic heterocycles. The van der Waals surface area contributed by atoms with Gasteiger partial charge in [-0.05, 0) is 85.9 Å². The van der Waals surface area contributed by atoms with Gasteiger partial charge in [-0.2, -0.15) is 0 Å². The van der Waals surface area contributed by atoms with Crippen molar-refractivity contribution < 1.29 is 14.3 Å². The summed E-state index contributed by atoms with van der Waals surface area (Å²) in [5.74, 6) is 1.73. The van der Waals surface area contributed by atoms with Gasteiger partial charge in [0.1, 0.15) is 11.5 Å². The molecule has 0 atom stereocenters. The van der Waals surface area contributed by atoms with E-state index in [1.807, 2.05) is 61.6 Å². The fourth-order valence-corrected chi connectivity index (χ4v) is 3.43. The van der Waals surface area contributed by atoms with Crippen LogP contribution >= 0.6 is 0 Å². The lowest BCUT2D eigenvalue weighted by atomic mass is 10.1. The molecular weight excluding hydrogens is 354 g/mol. The summed E-state index contributed by atoms with van der Waals surface area (Å²) < 4.78 is 11.0. The van der Waals surface area contributed by atoms with Crippen LogP contribution in [0.4, 0.5) is 11.4 Å². The molecule has 148 valence electrons. The van der Waals surface area contributed by atoms with Gasteiger partial charge in [0.05, 0.1) is 13.7 Å². The number of benzene rings is 2.